The van der Waals surface area contributed by atoms with Crippen molar-refractivity contribution in [2.45, 2.75) is 19.0 Å². The van der Waals surface area contributed by atoms with E-state index in [0.717, 1.165) is 11.1 Å². The molecule has 1 fully saturated rings. The SMILES string of the molecule is C[C@@H](c1ccccc1)N(C)CC(=O)N1CCN(C(c2ccc(F)cc2)c2ccc(F)cc2)CC1. The summed E-state index contributed by atoms with van der Waals surface area (Å²) in [5.74, 6) is -0.457. The smallest absolute Gasteiger partial charge is 0.236 e. The van der Waals surface area contributed by atoms with E-state index in [1.807, 2.05) is 30.1 Å². The summed E-state index contributed by atoms with van der Waals surface area (Å²) in [7, 11) is 1.98. The predicted octanol–water partition coefficient (Wildman–Crippen LogP) is 4.89. The second-order valence-electron chi connectivity index (χ2n) is 8.92. The number of hydrogen-bond acceptors (Lipinski definition) is 3. The molecule has 0 saturated carbocycles. The van der Waals surface area contributed by atoms with Gasteiger partial charge in [-0.15, -0.1) is 0 Å². The van der Waals surface area contributed by atoms with Gasteiger partial charge in [0.25, 0.3) is 0 Å². The molecule has 3 aromatic rings. The number of carbonyl (C=O) groups excluding carboxylic acids is 1. The van der Waals surface area contributed by atoms with E-state index < -0.39 is 0 Å². The van der Waals surface area contributed by atoms with E-state index in [2.05, 4.69) is 28.9 Å². The van der Waals surface area contributed by atoms with Crippen LogP contribution in [0.25, 0.3) is 0 Å². The number of piperazine rings is 1. The molecule has 0 bridgehead atoms. The van der Waals surface area contributed by atoms with E-state index in [4.69, 9.17) is 0 Å². The Labute approximate surface area is 200 Å². The number of benzene rings is 3. The monoisotopic (exact) mass is 463 g/mol. The highest BCUT2D eigenvalue weighted by atomic mass is 19.1. The third kappa shape index (κ3) is 5.69. The Hall–Kier alpha value is -3.09. The van der Waals surface area contributed by atoms with Crippen molar-refractivity contribution in [1.82, 2.24) is 14.7 Å². The molecular formula is C28H31F2N3O. The van der Waals surface area contributed by atoms with Crippen molar-refractivity contribution in [2.24, 2.45) is 0 Å². The number of rotatable bonds is 7. The summed E-state index contributed by atoms with van der Waals surface area (Å²) in [5.41, 5.74) is 3.08. The Morgan fingerprint density at radius 3 is 1.79 bits per heavy atom. The maximum atomic E-state index is 13.5. The molecule has 1 amide bonds. The lowest BCUT2D eigenvalue weighted by Crippen LogP contribution is -2.51. The highest BCUT2D eigenvalue weighted by molar-refractivity contribution is 5.78. The van der Waals surface area contributed by atoms with Crippen LogP contribution in [0.4, 0.5) is 8.78 Å². The second-order valence-corrected chi connectivity index (χ2v) is 8.92. The van der Waals surface area contributed by atoms with Crippen LogP contribution in [0.3, 0.4) is 0 Å². The molecule has 178 valence electrons. The first-order valence-corrected chi connectivity index (χ1v) is 11.7. The maximum absolute atomic E-state index is 13.5. The van der Waals surface area contributed by atoms with Gasteiger partial charge < -0.3 is 4.90 Å². The molecule has 0 spiro atoms. The molecular weight excluding hydrogens is 432 g/mol. The summed E-state index contributed by atoms with van der Waals surface area (Å²) in [4.78, 5) is 19.3. The maximum Gasteiger partial charge on any atom is 0.236 e. The molecule has 1 aliphatic heterocycles. The summed E-state index contributed by atoms with van der Waals surface area (Å²) in [6.45, 7) is 5.06. The normalized spacial score (nSPS) is 15.6. The van der Waals surface area contributed by atoms with Gasteiger partial charge in [0.2, 0.25) is 5.91 Å². The molecule has 1 aliphatic rings. The van der Waals surface area contributed by atoms with E-state index in [0.29, 0.717) is 32.7 Å². The lowest BCUT2D eigenvalue weighted by Gasteiger charge is -2.40. The first-order valence-electron chi connectivity index (χ1n) is 11.7. The number of amides is 1. The summed E-state index contributed by atoms with van der Waals surface area (Å²) in [5, 5.41) is 0. The molecule has 0 unspecified atom stereocenters. The van der Waals surface area contributed by atoms with Crippen LogP contribution in [0.5, 0.6) is 0 Å². The minimum absolute atomic E-state index is 0.116. The predicted molar refractivity (Wildman–Crippen MR) is 130 cm³/mol. The van der Waals surface area contributed by atoms with E-state index in [-0.39, 0.29) is 29.6 Å². The topological polar surface area (TPSA) is 26.8 Å². The van der Waals surface area contributed by atoms with E-state index in [9.17, 15) is 13.6 Å². The lowest BCUT2D eigenvalue weighted by atomic mass is 9.96. The number of hydrogen-bond donors (Lipinski definition) is 0. The first-order chi connectivity index (χ1) is 16.4. The first kappa shape index (κ1) is 24.0. The molecule has 0 radical (unpaired) electrons. The van der Waals surface area contributed by atoms with Gasteiger partial charge >= 0.3 is 0 Å². The highest BCUT2D eigenvalue weighted by Gasteiger charge is 2.29. The van der Waals surface area contributed by atoms with Crippen molar-refractivity contribution >= 4 is 5.91 Å². The van der Waals surface area contributed by atoms with Gasteiger partial charge in [-0.05, 0) is 54.9 Å². The fourth-order valence-electron chi connectivity index (χ4n) is 4.57. The molecule has 3 aromatic carbocycles. The molecule has 0 N–H and O–H groups in total. The molecule has 0 aliphatic carbocycles. The van der Waals surface area contributed by atoms with Gasteiger partial charge in [0.05, 0.1) is 12.6 Å². The van der Waals surface area contributed by atoms with Crippen molar-refractivity contribution in [3.05, 3.63) is 107 Å². The Balaban J connectivity index is 1.41. The van der Waals surface area contributed by atoms with Crippen molar-refractivity contribution < 1.29 is 13.6 Å². The Kier molecular flexibility index (Phi) is 7.70. The van der Waals surface area contributed by atoms with Gasteiger partial charge in [0, 0.05) is 32.2 Å². The molecule has 1 heterocycles. The van der Waals surface area contributed by atoms with Crippen LogP contribution in [0.1, 0.15) is 35.7 Å². The van der Waals surface area contributed by atoms with Gasteiger partial charge in [0.15, 0.2) is 0 Å². The summed E-state index contributed by atoms with van der Waals surface area (Å²) < 4.78 is 27.1. The van der Waals surface area contributed by atoms with Crippen LogP contribution in [0.15, 0.2) is 78.9 Å². The fraction of sp³-hybridized carbons (Fsp3) is 0.321. The zero-order chi connectivity index (χ0) is 24.1. The zero-order valence-electron chi connectivity index (χ0n) is 19.7. The van der Waals surface area contributed by atoms with Crippen LogP contribution in [-0.4, -0.2) is 60.4 Å². The van der Waals surface area contributed by atoms with Gasteiger partial charge in [0.1, 0.15) is 11.6 Å². The quantitative estimate of drug-likeness (QED) is 0.499. The Bertz CT molecular complexity index is 1020. The van der Waals surface area contributed by atoms with Crippen molar-refractivity contribution in [1.29, 1.82) is 0 Å². The Morgan fingerprint density at radius 1 is 0.794 bits per heavy atom. The molecule has 6 heteroatoms. The van der Waals surface area contributed by atoms with Crippen LogP contribution in [0.2, 0.25) is 0 Å². The fourth-order valence-corrected chi connectivity index (χ4v) is 4.57. The number of halogens is 2. The molecule has 34 heavy (non-hydrogen) atoms. The van der Waals surface area contributed by atoms with Crippen LogP contribution < -0.4 is 0 Å². The average Bonchev–Trinajstić information content (AvgIpc) is 2.87. The molecule has 1 atom stereocenters. The minimum Gasteiger partial charge on any atom is -0.339 e. The highest BCUT2D eigenvalue weighted by Crippen LogP contribution is 2.30. The van der Waals surface area contributed by atoms with Crippen LogP contribution in [0, 0.1) is 11.6 Å². The number of nitrogens with zero attached hydrogens (tertiary/aromatic N) is 3. The molecule has 0 aromatic heterocycles. The number of likely N-dealkylation sites (N-methyl/N-ethyl adjacent to an activating group) is 1. The summed E-state index contributed by atoms with van der Waals surface area (Å²) in [6, 6.07) is 23.1. The van der Waals surface area contributed by atoms with Gasteiger partial charge in [-0.1, -0.05) is 54.6 Å². The number of carbonyl (C=O) groups is 1. The van der Waals surface area contributed by atoms with Gasteiger partial charge in [-0.2, -0.15) is 0 Å². The van der Waals surface area contributed by atoms with Crippen molar-refractivity contribution in [3.8, 4) is 0 Å². The van der Waals surface area contributed by atoms with E-state index >= 15 is 0 Å². The standard InChI is InChI=1S/C28H31F2N3O/c1-21(22-6-4-3-5-7-22)31(2)20-27(34)32-16-18-33(19-17-32)28(23-8-12-25(29)13-9-23)24-10-14-26(30)15-11-24/h3-15,21,28H,16-20H2,1-2H3/t21-/m0/s1. The van der Waals surface area contributed by atoms with Crippen LogP contribution >= 0.6 is 0 Å². The average molecular weight is 464 g/mol. The van der Waals surface area contributed by atoms with Gasteiger partial charge in [-0.3, -0.25) is 14.6 Å². The van der Waals surface area contributed by atoms with Crippen LogP contribution in [-0.2, 0) is 4.79 Å². The van der Waals surface area contributed by atoms with Crippen molar-refractivity contribution in [2.75, 3.05) is 39.8 Å². The molecule has 4 nitrogen and oxygen atoms in total. The molecule has 1 saturated heterocycles. The largest absolute Gasteiger partial charge is 0.339 e. The third-order valence-corrected chi connectivity index (χ3v) is 6.73. The Morgan fingerprint density at radius 2 is 1.29 bits per heavy atom. The lowest BCUT2D eigenvalue weighted by molar-refractivity contribution is -0.134. The van der Waals surface area contributed by atoms with Crippen molar-refractivity contribution in [3.63, 3.8) is 0 Å². The van der Waals surface area contributed by atoms with E-state index in [1.54, 1.807) is 24.3 Å². The summed E-state index contributed by atoms with van der Waals surface area (Å²) in [6.07, 6.45) is 0. The third-order valence-electron chi connectivity index (χ3n) is 6.73. The minimum atomic E-state index is -0.286. The van der Waals surface area contributed by atoms with E-state index in [1.165, 1.54) is 29.8 Å². The molecule has 4 rings (SSSR count). The summed E-state index contributed by atoms with van der Waals surface area (Å²) >= 11 is 0. The van der Waals surface area contributed by atoms with Gasteiger partial charge in [-0.25, -0.2) is 8.78 Å². The zero-order valence-corrected chi connectivity index (χ0v) is 19.7. The second kappa shape index (κ2) is 10.9.